The molecule has 2 saturated heterocycles. The fourth-order valence-electron chi connectivity index (χ4n) is 2.14. The first-order valence-corrected chi connectivity index (χ1v) is 4.62. The average molecular weight is 194 g/mol. The summed E-state index contributed by atoms with van der Waals surface area (Å²) >= 11 is 0. The molecule has 0 aromatic carbocycles. The van der Waals surface area contributed by atoms with Gasteiger partial charge in [0.2, 0.25) is 0 Å². The topological polar surface area (TPSA) is 12.5 Å². The lowest BCUT2D eigenvalue weighted by Gasteiger charge is -2.35. The number of nitrogens with zero attached hydrogens (tertiary/aromatic N) is 1. The molecule has 2 bridgehead atoms. The van der Waals surface area contributed by atoms with Gasteiger partial charge in [-0.15, -0.1) is 0 Å². The minimum atomic E-state index is -4.67. The number of hydrogen-bond donors (Lipinski definition) is 0. The normalized spacial score (nSPS) is 35.3. The zero-order chi connectivity index (χ0) is 9.47. The third kappa shape index (κ3) is 2.37. The van der Waals surface area contributed by atoms with Crippen LogP contribution in [0.15, 0.2) is 0 Å². The van der Waals surface area contributed by atoms with E-state index in [1.165, 1.54) is 4.90 Å². The Morgan fingerprint density at radius 1 is 1.15 bits per heavy atom. The van der Waals surface area contributed by atoms with Crippen molar-refractivity contribution >= 4 is 6.98 Å². The van der Waals surface area contributed by atoms with E-state index in [0.717, 1.165) is 12.8 Å². The molecule has 76 valence electrons. The molecular formula is C7H12BF3NO-. The van der Waals surface area contributed by atoms with Gasteiger partial charge in [0.1, 0.15) is 0 Å². The Balaban J connectivity index is 1.88. The van der Waals surface area contributed by atoms with Gasteiger partial charge in [0.25, 0.3) is 0 Å². The van der Waals surface area contributed by atoms with E-state index in [4.69, 9.17) is 4.74 Å². The Morgan fingerprint density at radius 3 is 2.15 bits per heavy atom. The van der Waals surface area contributed by atoms with Gasteiger partial charge in [-0.3, -0.25) is 0 Å². The van der Waals surface area contributed by atoms with Crippen LogP contribution in [-0.4, -0.2) is 43.6 Å². The van der Waals surface area contributed by atoms with Crippen molar-refractivity contribution in [3.05, 3.63) is 0 Å². The molecule has 2 rings (SSSR count). The zero-order valence-electron chi connectivity index (χ0n) is 7.26. The highest BCUT2D eigenvalue weighted by molar-refractivity contribution is 6.58. The van der Waals surface area contributed by atoms with Gasteiger partial charge < -0.3 is 22.6 Å². The van der Waals surface area contributed by atoms with E-state index in [1.807, 2.05) is 0 Å². The Bertz CT molecular complexity index is 187. The maximum Gasteiger partial charge on any atom is 0.492 e. The third-order valence-corrected chi connectivity index (χ3v) is 2.58. The summed E-state index contributed by atoms with van der Waals surface area (Å²) in [6.07, 6.45) is 1.22. The summed E-state index contributed by atoms with van der Waals surface area (Å²) in [5.41, 5.74) is 0. The molecule has 13 heavy (non-hydrogen) atoms. The standard InChI is InChI=1S/C7H12BF3NO/c9-8(10,11)5-12-3-6-1-2-7(4-12)13-6/h6-7H,1-5H2/q-1. The molecule has 0 spiro atoms. The van der Waals surface area contributed by atoms with Crippen molar-refractivity contribution < 1.29 is 17.7 Å². The quantitative estimate of drug-likeness (QED) is 0.613. The second kappa shape index (κ2) is 3.17. The molecule has 6 heteroatoms. The van der Waals surface area contributed by atoms with Gasteiger partial charge in [0, 0.05) is 13.1 Å². The first-order valence-electron chi connectivity index (χ1n) is 4.62. The molecule has 2 unspecified atom stereocenters. The van der Waals surface area contributed by atoms with Crippen LogP contribution in [0.2, 0.25) is 0 Å². The lowest BCUT2D eigenvalue weighted by Crippen LogP contribution is -2.48. The summed E-state index contributed by atoms with van der Waals surface area (Å²) < 4.78 is 41.7. The maximum atomic E-state index is 12.1. The lowest BCUT2D eigenvalue weighted by atomic mass is 9.91. The molecule has 0 N–H and O–H groups in total. The van der Waals surface area contributed by atoms with Crippen molar-refractivity contribution in [3.63, 3.8) is 0 Å². The van der Waals surface area contributed by atoms with Crippen LogP contribution >= 0.6 is 0 Å². The SMILES string of the molecule is F[B-](F)(F)CN1CC2CCC(C1)O2. The molecular weight excluding hydrogens is 182 g/mol. The molecule has 2 aliphatic rings. The van der Waals surface area contributed by atoms with E-state index in [0.29, 0.717) is 13.1 Å². The van der Waals surface area contributed by atoms with Crippen LogP contribution in [0, 0.1) is 0 Å². The second-order valence-electron chi connectivity index (χ2n) is 3.89. The summed E-state index contributed by atoms with van der Waals surface area (Å²) in [5, 5.41) is 0. The van der Waals surface area contributed by atoms with Crippen molar-refractivity contribution in [2.45, 2.75) is 25.0 Å². The fourth-order valence-corrected chi connectivity index (χ4v) is 2.14. The van der Waals surface area contributed by atoms with Crippen molar-refractivity contribution in [1.82, 2.24) is 4.90 Å². The molecule has 0 saturated carbocycles. The monoisotopic (exact) mass is 194 g/mol. The molecule has 0 aromatic rings. The van der Waals surface area contributed by atoms with Crippen LogP contribution in [0.1, 0.15) is 12.8 Å². The molecule has 0 amide bonds. The Morgan fingerprint density at radius 2 is 1.69 bits per heavy atom. The van der Waals surface area contributed by atoms with Crippen molar-refractivity contribution in [3.8, 4) is 0 Å². The van der Waals surface area contributed by atoms with E-state index in [-0.39, 0.29) is 12.2 Å². The number of ether oxygens (including phenoxy) is 1. The van der Waals surface area contributed by atoms with E-state index < -0.39 is 13.4 Å². The number of morpholine rings is 1. The Labute approximate surface area is 75.1 Å². The van der Waals surface area contributed by atoms with Gasteiger partial charge in [-0.25, -0.2) is 0 Å². The molecule has 2 fully saturated rings. The molecule has 0 radical (unpaired) electrons. The summed E-state index contributed by atoms with van der Waals surface area (Å²) in [4.78, 5) is 1.48. The van der Waals surface area contributed by atoms with Crippen LogP contribution in [0.3, 0.4) is 0 Å². The smallest absolute Gasteiger partial charge is 0.448 e. The minimum Gasteiger partial charge on any atom is -0.448 e. The van der Waals surface area contributed by atoms with Crippen molar-refractivity contribution in [1.29, 1.82) is 0 Å². The van der Waals surface area contributed by atoms with E-state index in [1.54, 1.807) is 0 Å². The summed E-state index contributed by atoms with van der Waals surface area (Å²) in [6, 6.07) is 0. The largest absolute Gasteiger partial charge is 0.492 e. The van der Waals surface area contributed by atoms with Gasteiger partial charge >= 0.3 is 6.98 Å². The third-order valence-electron chi connectivity index (χ3n) is 2.58. The second-order valence-corrected chi connectivity index (χ2v) is 3.89. The van der Waals surface area contributed by atoms with Crippen LogP contribution in [0.5, 0.6) is 0 Å². The van der Waals surface area contributed by atoms with Crippen LogP contribution in [0.4, 0.5) is 12.9 Å². The number of likely N-dealkylation sites (tertiary alicyclic amines) is 1. The predicted octanol–water partition coefficient (Wildman–Crippen LogP) is 1.24. The summed E-state index contributed by atoms with van der Waals surface area (Å²) in [6.45, 7) is -3.76. The van der Waals surface area contributed by atoms with Gasteiger partial charge in [-0.1, -0.05) is 0 Å². The van der Waals surface area contributed by atoms with Crippen LogP contribution in [0.25, 0.3) is 0 Å². The van der Waals surface area contributed by atoms with Gasteiger partial charge in [0.15, 0.2) is 0 Å². The molecule has 2 nitrogen and oxygen atoms in total. The van der Waals surface area contributed by atoms with E-state index in [9.17, 15) is 12.9 Å². The minimum absolute atomic E-state index is 0.0527. The summed E-state index contributed by atoms with van der Waals surface area (Å²) in [5.74, 6) is 0. The van der Waals surface area contributed by atoms with Crippen molar-refractivity contribution in [2.24, 2.45) is 0 Å². The summed E-state index contributed by atoms with van der Waals surface area (Å²) in [7, 11) is 0. The van der Waals surface area contributed by atoms with Gasteiger partial charge in [0.05, 0.1) is 12.2 Å². The van der Waals surface area contributed by atoms with E-state index >= 15 is 0 Å². The average Bonchev–Trinajstić information content (AvgIpc) is 2.27. The molecule has 0 aromatic heterocycles. The Hall–Kier alpha value is -0.225. The zero-order valence-corrected chi connectivity index (χ0v) is 7.26. The Kier molecular flexibility index (Phi) is 2.27. The molecule has 2 atom stereocenters. The molecule has 2 aliphatic heterocycles. The van der Waals surface area contributed by atoms with Gasteiger partial charge in [-0.05, 0) is 19.3 Å². The first-order chi connectivity index (χ1) is 6.03. The molecule has 0 aliphatic carbocycles. The highest BCUT2D eigenvalue weighted by Crippen LogP contribution is 2.27. The number of halogens is 3. The van der Waals surface area contributed by atoms with Crippen LogP contribution in [-0.2, 0) is 4.74 Å². The lowest BCUT2D eigenvalue weighted by molar-refractivity contribution is -0.0346. The maximum absolute atomic E-state index is 12.1. The number of rotatable bonds is 2. The van der Waals surface area contributed by atoms with Crippen molar-refractivity contribution in [2.75, 3.05) is 19.5 Å². The van der Waals surface area contributed by atoms with E-state index in [2.05, 4.69) is 0 Å². The number of hydrogen-bond acceptors (Lipinski definition) is 2. The predicted molar refractivity (Wildman–Crippen MR) is 43.4 cm³/mol. The highest BCUT2D eigenvalue weighted by atomic mass is 19.4. The van der Waals surface area contributed by atoms with Gasteiger partial charge in [-0.2, -0.15) is 0 Å². The fraction of sp³-hybridized carbons (Fsp3) is 1.00. The first kappa shape index (κ1) is 9.33. The molecule has 2 heterocycles. The van der Waals surface area contributed by atoms with Crippen LogP contribution < -0.4 is 0 Å². The highest BCUT2D eigenvalue weighted by Gasteiger charge is 2.36. The number of fused-ring (bicyclic) bond motifs is 2.